The van der Waals surface area contributed by atoms with Crippen LogP contribution >= 0.6 is 0 Å². The lowest BCUT2D eigenvalue weighted by Gasteiger charge is -2.41. The maximum Gasteiger partial charge on any atom is 0.306 e. The van der Waals surface area contributed by atoms with Crippen LogP contribution < -0.4 is 5.32 Å². The molecule has 0 aromatic rings. The van der Waals surface area contributed by atoms with Gasteiger partial charge in [-0.15, -0.1) is 0 Å². The average Bonchev–Trinajstić information content (AvgIpc) is 3.38. The summed E-state index contributed by atoms with van der Waals surface area (Å²) in [6.07, 6.45) is 57.4. The molecule has 1 heterocycles. The van der Waals surface area contributed by atoms with Crippen molar-refractivity contribution in [2.24, 2.45) is 0 Å². The molecule has 1 rings (SSSR count). The number of rotatable bonds is 42. The van der Waals surface area contributed by atoms with Gasteiger partial charge in [0.15, 0.2) is 12.4 Å². The molecule has 72 heavy (non-hydrogen) atoms. The summed E-state index contributed by atoms with van der Waals surface area (Å²) in [4.78, 5) is 26.4. The van der Waals surface area contributed by atoms with Crippen LogP contribution in [0.15, 0.2) is 146 Å². The molecule has 0 radical (unpaired) electrons. The highest BCUT2D eigenvalue weighted by Crippen LogP contribution is 2.26. The molecule has 11 nitrogen and oxygen atoms in total. The minimum Gasteiger partial charge on any atom is -0.454 e. The number of amides is 1. The minimum atomic E-state index is -1.65. The fraction of sp³-hybridized carbons (Fsp3) is 0.574. The van der Waals surface area contributed by atoms with E-state index < -0.39 is 67.4 Å². The second-order valence-corrected chi connectivity index (χ2v) is 18.1. The third-order valence-corrected chi connectivity index (χ3v) is 11.8. The number of esters is 1. The van der Waals surface area contributed by atoms with E-state index in [1.165, 1.54) is 44.9 Å². The van der Waals surface area contributed by atoms with Gasteiger partial charge in [0, 0.05) is 6.42 Å². The van der Waals surface area contributed by atoms with E-state index in [1.807, 2.05) is 122 Å². The molecule has 8 atom stereocenters. The number of allylic oxidation sites excluding steroid dienone is 23. The molecule has 1 fully saturated rings. The standard InChI is InChI=1S/C61H95NO10/c1-4-7-10-13-16-19-22-25-27-29-30-33-36-39-42-45-48-54(65)60(69)62-52(53(64)47-44-41-38-35-32-24-21-18-15-12-9-6-3)51-70-61-59(58(68)57(67)55(50-63)71-61)72-56(66)49-46-43-40-37-34-31-28-26-23-20-17-14-11-8-5-2/h7-8,10-11,13-14,16-17,19-20,22-23,25-31,33-34,36,44,47,52-55,57-59,61,63-65,67-68H,4-6,9,12,15,18,21,24,32,35,37-43,45-46,48-51H2,1-3H3,(H,62,69)/b10-7-,11-8+,16-13+,17-14+,22-19+,23-20-,27-25-,28-26-,30-29+,34-31+,36-33+,47-44+. The number of ether oxygens (including phenoxy) is 3. The van der Waals surface area contributed by atoms with Crippen LogP contribution in [0.25, 0.3) is 0 Å². The van der Waals surface area contributed by atoms with E-state index in [9.17, 15) is 35.1 Å². The van der Waals surface area contributed by atoms with Gasteiger partial charge in [-0.3, -0.25) is 9.59 Å². The monoisotopic (exact) mass is 1000 g/mol. The summed E-state index contributed by atoms with van der Waals surface area (Å²) >= 11 is 0. The molecule has 0 aromatic carbocycles. The van der Waals surface area contributed by atoms with Crippen LogP contribution in [0.5, 0.6) is 0 Å². The Morgan fingerprint density at radius 2 is 1.00 bits per heavy atom. The largest absolute Gasteiger partial charge is 0.454 e. The minimum absolute atomic E-state index is 0.0587. The first kappa shape index (κ1) is 65.6. The maximum absolute atomic E-state index is 13.3. The van der Waals surface area contributed by atoms with Gasteiger partial charge in [-0.05, 0) is 64.2 Å². The van der Waals surface area contributed by atoms with E-state index >= 15 is 0 Å². The van der Waals surface area contributed by atoms with Crippen LogP contribution in [0.1, 0.15) is 162 Å². The molecule has 0 spiro atoms. The predicted molar refractivity (Wildman–Crippen MR) is 296 cm³/mol. The van der Waals surface area contributed by atoms with Gasteiger partial charge in [-0.1, -0.05) is 237 Å². The molecular weight excluding hydrogens is 907 g/mol. The van der Waals surface area contributed by atoms with Gasteiger partial charge in [-0.2, -0.15) is 0 Å². The molecule has 8 unspecified atom stereocenters. The maximum atomic E-state index is 13.3. The van der Waals surface area contributed by atoms with Crippen molar-refractivity contribution in [3.8, 4) is 0 Å². The van der Waals surface area contributed by atoms with E-state index in [-0.39, 0.29) is 19.4 Å². The lowest BCUT2D eigenvalue weighted by atomic mass is 9.99. The van der Waals surface area contributed by atoms with Gasteiger partial charge in [0.2, 0.25) is 5.91 Å². The summed E-state index contributed by atoms with van der Waals surface area (Å²) in [6.45, 7) is 5.40. The molecule has 6 N–H and O–H groups in total. The molecule has 0 aromatic heterocycles. The summed E-state index contributed by atoms with van der Waals surface area (Å²) in [5.74, 6) is -1.30. The molecule has 0 bridgehead atoms. The third kappa shape index (κ3) is 35.6. The molecule has 0 aliphatic carbocycles. The second-order valence-electron chi connectivity index (χ2n) is 18.1. The molecule has 404 valence electrons. The van der Waals surface area contributed by atoms with Crippen molar-refractivity contribution in [2.75, 3.05) is 13.2 Å². The van der Waals surface area contributed by atoms with Crippen molar-refractivity contribution in [1.29, 1.82) is 0 Å². The second kappa shape index (κ2) is 47.5. The SMILES string of the molecule is CC\C=C/C=C/C=C/C=C\C=C\C=C\CCCCC(O)C(=O)NC(COC1OC(CO)C(O)C(O)C1OC(=O)CCCCC/C=C/C=C\C=C/C=C/C=C/CC)C(O)/C=C/CCCCCCCCCCCC. The molecule has 11 heteroatoms. The lowest BCUT2D eigenvalue weighted by molar-refractivity contribution is -0.305. The van der Waals surface area contributed by atoms with Crippen LogP contribution in [0.4, 0.5) is 0 Å². The van der Waals surface area contributed by atoms with Crippen LogP contribution in [-0.2, 0) is 23.8 Å². The molecule has 0 saturated carbocycles. The zero-order chi connectivity index (χ0) is 52.5. The normalized spacial score (nSPS) is 20.7. The number of nitrogens with one attached hydrogen (secondary N) is 1. The van der Waals surface area contributed by atoms with Crippen LogP contribution in [0, 0.1) is 0 Å². The predicted octanol–water partition coefficient (Wildman–Crippen LogP) is 11.9. The summed E-state index contributed by atoms with van der Waals surface area (Å²) in [5.41, 5.74) is 0. The number of unbranched alkanes of at least 4 members (excludes halogenated alkanes) is 15. The highest BCUT2D eigenvalue weighted by Gasteiger charge is 2.47. The highest BCUT2D eigenvalue weighted by atomic mass is 16.7. The fourth-order valence-electron chi connectivity index (χ4n) is 7.47. The van der Waals surface area contributed by atoms with E-state index in [2.05, 4.69) is 44.3 Å². The summed E-state index contributed by atoms with van der Waals surface area (Å²) in [6, 6.07) is -1.07. The van der Waals surface area contributed by atoms with Crippen LogP contribution in [0.2, 0.25) is 0 Å². The van der Waals surface area contributed by atoms with Gasteiger partial charge < -0.3 is 45.1 Å². The molecule has 1 amide bonds. The Balaban J connectivity index is 2.85. The van der Waals surface area contributed by atoms with E-state index in [1.54, 1.807) is 6.08 Å². The van der Waals surface area contributed by atoms with Gasteiger partial charge in [-0.25, -0.2) is 0 Å². The highest BCUT2D eigenvalue weighted by molar-refractivity contribution is 5.80. The molecular formula is C61H95NO10. The molecule has 1 aliphatic heterocycles. The summed E-state index contributed by atoms with van der Waals surface area (Å²) in [5, 5.41) is 56.7. The van der Waals surface area contributed by atoms with Crippen molar-refractivity contribution in [3.05, 3.63) is 146 Å². The Morgan fingerprint density at radius 3 is 1.50 bits per heavy atom. The Labute approximate surface area is 435 Å². The Hall–Kier alpha value is -4.46. The molecule has 1 aliphatic rings. The van der Waals surface area contributed by atoms with Crippen LogP contribution in [-0.4, -0.2) is 99.6 Å². The number of aliphatic hydroxyl groups excluding tert-OH is 5. The Bertz CT molecular complexity index is 1720. The van der Waals surface area contributed by atoms with Crippen LogP contribution in [0.3, 0.4) is 0 Å². The van der Waals surface area contributed by atoms with Crippen molar-refractivity contribution in [2.45, 2.75) is 211 Å². The number of hydrogen-bond donors (Lipinski definition) is 6. The first-order valence-electron chi connectivity index (χ1n) is 27.3. The van der Waals surface area contributed by atoms with Gasteiger partial charge in [0.1, 0.15) is 24.4 Å². The van der Waals surface area contributed by atoms with Gasteiger partial charge in [0.05, 0.1) is 25.4 Å². The van der Waals surface area contributed by atoms with E-state index in [0.717, 1.165) is 70.6 Å². The smallest absolute Gasteiger partial charge is 0.306 e. The van der Waals surface area contributed by atoms with Crippen molar-refractivity contribution >= 4 is 11.9 Å². The van der Waals surface area contributed by atoms with E-state index in [4.69, 9.17) is 14.2 Å². The average molecular weight is 1000 g/mol. The third-order valence-electron chi connectivity index (χ3n) is 11.8. The van der Waals surface area contributed by atoms with Crippen molar-refractivity contribution in [3.63, 3.8) is 0 Å². The number of aliphatic hydroxyl groups is 5. The summed E-state index contributed by atoms with van der Waals surface area (Å²) in [7, 11) is 0. The van der Waals surface area contributed by atoms with Gasteiger partial charge >= 0.3 is 5.97 Å². The number of hydrogen-bond acceptors (Lipinski definition) is 10. The summed E-state index contributed by atoms with van der Waals surface area (Å²) < 4.78 is 17.5. The van der Waals surface area contributed by atoms with Gasteiger partial charge in [0.25, 0.3) is 0 Å². The topological polar surface area (TPSA) is 175 Å². The lowest BCUT2D eigenvalue weighted by Crippen LogP contribution is -2.61. The van der Waals surface area contributed by atoms with Crippen molar-refractivity contribution < 1.29 is 49.3 Å². The molecule has 1 saturated heterocycles. The number of carbonyl (C=O) groups excluding carboxylic acids is 2. The Kier molecular flexibility index (Phi) is 43.3. The number of carbonyl (C=O) groups is 2. The first-order valence-corrected chi connectivity index (χ1v) is 27.3. The Morgan fingerprint density at radius 1 is 0.556 bits per heavy atom. The van der Waals surface area contributed by atoms with E-state index in [0.29, 0.717) is 12.8 Å². The fourth-order valence-corrected chi connectivity index (χ4v) is 7.47. The zero-order valence-electron chi connectivity index (χ0n) is 44.2. The van der Waals surface area contributed by atoms with Crippen molar-refractivity contribution in [1.82, 2.24) is 5.32 Å². The quantitative estimate of drug-likeness (QED) is 0.0149. The first-order chi connectivity index (χ1) is 35.2. The zero-order valence-corrected chi connectivity index (χ0v) is 44.2.